The fourth-order valence-corrected chi connectivity index (χ4v) is 3.33. The largest absolute Gasteiger partial charge is 0.441 e. The predicted octanol–water partition coefficient (Wildman–Crippen LogP) is 2.40. The predicted molar refractivity (Wildman–Crippen MR) is 110 cm³/mol. The highest BCUT2D eigenvalue weighted by molar-refractivity contribution is 7.92. The molecule has 3 aromatic rings. The van der Waals surface area contributed by atoms with Gasteiger partial charge in [0.25, 0.3) is 0 Å². The normalized spacial score (nSPS) is 12.3. The highest BCUT2D eigenvalue weighted by Crippen LogP contribution is 2.27. The van der Waals surface area contributed by atoms with Crippen LogP contribution in [-0.2, 0) is 21.8 Å². The Labute approximate surface area is 177 Å². The minimum Gasteiger partial charge on any atom is -0.441 e. The van der Waals surface area contributed by atoms with E-state index in [-0.39, 0.29) is 22.9 Å². The molecular formula is C18H20FN7O4S. The van der Waals surface area contributed by atoms with E-state index in [2.05, 4.69) is 25.6 Å². The molecule has 31 heavy (non-hydrogen) atoms. The number of carbonyl (C=O) groups is 1. The van der Waals surface area contributed by atoms with Crippen LogP contribution >= 0.6 is 0 Å². The van der Waals surface area contributed by atoms with Crippen LogP contribution < -0.4 is 10.0 Å². The molecule has 3 aromatic heterocycles. The summed E-state index contributed by atoms with van der Waals surface area (Å²) in [6.45, 7) is 3.51. The van der Waals surface area contributed by atoms with E-state index in [0.717, 1.165) is 29.8 Å². The van der Waals surface area contributed by atoms with Crippen molar-refractivity contribution in [2.45, 2.75) is 20.0 Å². The molecule has 0 fully saturated rings. The van der Waals surface area contributed by atoms with Gasteiger partial charge in [-0.05, 0) is 19.9 Å². The molecular weight excluding hydrogens is 429 g/mol. The molecule has 0 bridgehead atoms. The number of amides is 1. The van der Waals surface area contributed by atoms with E-state index in [9.17, 15) is 17.6 Å². The summed E-state index contributed by atoms with van der Waals surface area (Å²) >= 11 is 0. The number of anilines is 2. The lowest BCUT2D eigenvalue weighted by molar-refractivity contribution is 0.120. The first-order valence-electron chi connectivity index (χ1n) is 8.97. The van der Waals surface area contributed by atoms with E-state index in [4.69, 9.17) is 4.74 Å². The van der Waals surface area contributed by atoms with Crippen molar-refractivity contribution in [1.29, 1.82) is 0 Å². The second-order valence-corrected chi connectivity index (χ2v) is 8.43. The summed E-state index contributed by atoms with van der Waals surface area (Å²) < 4.78 is 45.6. The molecule has 0 aliphatic heterocycles. The Morgan fingerprint density at radius 3 is 2.71 bits per heavy atom. The van der Waals surface area contributed by atoms with Crippen LogP contribution in [0.2, 0.25) is 0 Å². The van der Waals surface area contributed by atoms with Gasteiger partial charge in [-0.3, -0.25) is 20.0 Å². The quantitative estimate of drug-likeness (QED) is 0.584. The zero-order valence-corrected chi connectivity index (χ0v) is 17.9. The molecule has 0 aromatic carbocycles. The minimum absolute atomic E-state index is 0.0381. The molecule has 3 rings (SSSR count). The zero-order chi connectivity index (χ0) is 22.8. The molecule has 11 nitrogen and oxygen atoms in total. The molecule has 0 aliphatic carbocycles. The highest BCUT2D eigenvalue weighted by atomic mass is 32.2. The Balaban J connectivity index is 1.80. The van der Waals surface area contributed by atoms with Crippen LogP contribution in [0.4, 0.5) is 20.7 Å². The summed E-state index contributed by atoms with van der Waals surface area (Å²) in [5.41, 5.74) is 1.28. The summed E-state index contributed by atoms with van der Waals surface area (Å²) in [7, 11) is -2.15. The number of aryl methyl sites for hydroxylation is 2. The fourth-order valence-electron chi connectivity index (χ4n) is 2.78. The number of hydrogen-bond acceptors (Lipinski definition) is 8. The molecule has 0 spiro atoms. The number of halogens is 1. The smallest absolute Gasteiger partial charge is 0.413 e. The lowest BCUT2D eigenvalue weighted by Crippen LogP contribution is -2.19. The Hall–Kier alpha value is -3.61. The standard InChI is InChI=1S/C18H20FN7O4S/c1-10-12(6-5-7-20-10)11(2)30-18(27)22-17-16(23-25-26(17)3)14-8-13(19)15(9-21-14)24-31(4,28)29/h5-9,11,24H,1-4H3,(H,22,27)/t11-/m1/s1. The van der Waals surface area contributed by atoms with E-state index in [1.807, 2.05) is 4.72 Å². The van der Waals surface area contributed by atoms with Crippen molar-refractivity contribution in [3.63, 3.8) is 0 Å². The number of aromatic nitrogens is 5. The maximum atomic E-state index is 14.3. The molecule has 1 amide bonds. The van der Waals surface area contributed by atoms with Gasteiger partial charge in [0.2, 0.25) is 10.0 Å². The SMILES string of the molecule is Cc1ncccc1[C@@H](C)OC(=O)Nc1c(-c2cc(F)c(NS(C)(=O)=O)cn2)nnn1C. The second kappa shape index (κ2) is 8.63. The van der Waals surface area contributed by atoms with Crippen LogP contribution in [0.15, 0.2) is 30.6 Å². The number of rotatable bonds is 6. The molecule has 0 saturated heterocycles. The van der Waals surface area contributed by atoms with Crippen molar-refractivity contribution in [1.82, 2.24) is 25.0 Å². The van der Waals surface area contributed by atoms with Crippen molar-refractivity contribution in [2.75, 3.05) is 16.3 Å². The average Bonchev–Trinajstić information content (AvgIpc) is 3.03. The molecule has 0 radical (unpaired) electrons. The number of ether oxygens (including phenoxy) is 1. The number of pyridine rings is 2. The van der Waals surface area contributed by atoms with Crippen LogP contribution in [0.5, 0.6) is 0 Å². The van der Waals surface area contributed by atoms with Gasteiger partial charge in [0.1, 0.15) is 11.8 Å². The Morgan fingerprint density at radius 2 is 2.06 bits per heavy atom. The maximum absolute atomic E-state index is 14.3. The van der Waals surface area contributed by atoms with Crippen molar-refractivity contribution in [3.05, 3.63) is 47.7 Å². The summed E-state index contributed by atoms with van der Waals surface area (Å²) in [5, 5.41) is 10.3. The lowest BCUT2D eigenvalue weighted by Gasteiger charge is -2.16. The number of nitrogens with zero attached hydrogens (tertiary/aromatic N) is 5. The van der Waals surface area contributed by atoms with Gasteiger partial charge in [0, 0.05) is 30.6 Å². The fraction of sp³-hybridized carbons (Fsp3) is 0.278. The van der Waals surface area contributed by atoms with Gasteiger partial charge >= 0.3 is 6.09 Å². The molecule has 1 atom stereocenters. The van der Waals surface area contributed by atoms with Crippen LogP contribution in [0, 0.1) is 12.7 Å². The maximum Gasteiger partial charge on any atom is 0.413 e. The Morgan fingerprint density at radius 1 is 1.32 bits per heavy atom. The van der Waals surface area contributed by atoms with E-state index in [0.29, 0.717) is 0 Å². The Bertz CT molecular complexity index is 1230. The highest BCUT2D eigenvalue weighted by Gasteiger charge is 2.21. The van der Waals surface area contributed by atoms with Crippen LogP contribution in [-0.4, -0.2) is 45.7 Å². The van der Waals surface area contributed by atoms with Gasteiger partial charge in [0.15, 0.2) is 17.3 Å². The van der Waals surface area contributed by atoms with Gasteiger partial charge in [0.05, 0.1) is 18.1 Å². The van der Waals surface area contributed by atoms with Crippen LogP contribution in [0.3, 0.4) is 0 Å². The van der Waals surface area contributed by atoms with Crippen LogP contribution in [0.1, 0.15) is 24.3 Å². The number of hydrogen-bond donors (Lipinski definition) is 2. The van der Waals surface area contributed by atoms with Gasteiger partial charge < -0.3 is 4.74 Å². The zero-order valence-electron chi connectivity index (χ0n) is 17.1. The molecule has 0 saturated carbocycles. The van der Waals surface area contributed by atoms with Crippen molar-refractivity contribution in [2.24, 2.45) is 7.05 Å². The summed E-state index contributed by atoms with van der Waals surface area (Å²) in [4.78, 5) is 20.6. The monoisotopic (exact) mass is 449 g/mol. The van der Waals surface area contributed by atoms with Gasteiger partial charge in [-0.1, -0.05) is 11.3 Å². The van der Waals surface area contributed by atoms with Gasteiger partial charge in [-0.15, -0.1) is 5.10 Å². The van der Waals surface area contributed by atoms with E-state index in [1.165, 1.54) is 11.7 Å². The molecule has 3 heterocycles. The van der Waals surface area contributed by atoms with Crippen molar-refractivity contribution < 1.29 is 22.3 Å². The van der Waals surface area contributed by atoms with Gasteiger partial charge in [-0.25, -0.2) is 22.3 Å². The average molecular weight is 449 g/mol. The minimum atomic E-state index is -3.67. The van der Waals surface area contributed by atoms with Crippen molar-refractivity contribution in [3.8, 4) is 11.4 Å². The molecule has 0 unspecified atom stereocenters. The molecule has 164 valence electrons. The topological polar surface area (TPSA) is 141 Å². The number of sulfonamides is 1. The first-order chi connectivity index (χ1) is 14.5. The molecule has 13 heteroatoms. The third kappa shape index (κ3) is 5.31. The first kappa shape index (κ1) is 22.1. The van der Waals surface area contributed by atoms with Crippen molar-refractivity contribution >= 4 is 27.6 Å². The summed E-state index contributed by atoms with van der Waals surface area (Å²) in [6, 6.07) is 4.53. The van der Waals surface area contributed by atoms with E-state index >= 15 is 0 Å². The lowest BCUT2D eigenvalue weighted by atomic mass is 10.1. The summed E-state index contributed by atoms with van der Waals surface area (Å²) in [5.74, 6) is -0.744. The van der Waals surface area contributed by atoms with E-state index in [1.54, 1.807) is 32.2 Å². The first-order valence-corrected chi connectivity index (χ1v) is 10.9. The third-order valence-electron chi connectivity index (χ3n) is 4.21. The van der Waals surface area contributed by atoms with Crippen LogP contribution in [0.25, 0.3) is 11.4 Å². The second-order valence-electron chi connectivity index (χ2n) is 6.68. The number of nitrogens with one attached hydrogen (secondary N) is 2. The molecule has 2 N–H and O–H groups in total. The number of carbonyl (C=O) groups excluding carboxylic acids is 1. The van der Waals surface area contributed by atoms with E-state index < -0.39 is 28.0 Å². The third-order valence-corrected chi connectivity index (χ3v) is 4.80. The van der Waals surface area contributed by atoms with Gasteiger partial charge in [-0.2, -0.15) is 0 Å². The molecule has 0 aliphatic rings. The Kier molecular flexibility index (Phi) is 6.15. The summed E-state index contributed by atoms with van der Waals surface area (Å²) in [6.07, 6.45) is 2.19.